The number of nitrogens with one attached hydrogen (secondary N) is 1. The van der Waals surface area contributed by atoms with Crippen LogP contribution in [0.4, 0.5) is 4.79 Å². The van der Waals surface area contributed by atoms with Gasteiger partial charge in [-0.25, -0.2) is 9.78 Å². The number of urea groups is 1. The minimum Gasteiger partial charge on any atom is -0.336 e. The van der Waals surface area contributed by atoms with Crippen molar-refractivity contribution < 1.29 is 4.79 Å². The summed E-state index contributed by atoms with van der Waals surface area (Å²) in [5.74, 6) is 0. The fourth-order valence-electron chi connectivity index (χ4n) is 3.50. The van der Waals surface area contributed by atoms with Gasteiger partial charge >= 0.3 is 6.03 Å². The van der Waals surface area contributed by atoms with E-state index in [-0.39, 0.29) is 6.03 Å². The molecule has 0 spiro atoms. The van der Waals surface area contributed by atoms with E-state index in [0.29, 0.717) is 6.04 Å². The number of amides is 2. The zero-order chi connectivity index (χ0) is 16.5. The van der Waals surface area contributed by atoms with Crippen molar-refractivity contribution >= 4 is 17.4 Å². The Bertz CT molecular complexity index is 718. The maximum Gasteiger partial charge on any atom is 0.317 e. The Morgan fingerprint density at radius 3 is 2.83 bits per heavy atom. The lowest BCUT2D eigenvalue weighted by Crippen LogP contribution is -2.45. The van der Waals surface area contributed by atoms with Crippen molar-refractivity contribution in [2.45, 2.75) is 25.4 Å². The Labute approximate surface area is 145 Å². The van der Waals surface area contributed by atoms with Crippen molar-refractivity contribution in [2.75, 3.05) is 26.2 Å². The molecule has 4 rings (SSSR count). The monoisotopic (exact) mass is 346 g/mol. The van der Waals surface area contributed by atoms with Crippen LogP contribution in [-0.4, -0.2) is 62.8 Å². The molecule has 2 aliphatic rings. The number of hydrogen-bond donors (Lipinski definition) is 1. The van der Waals surface area contributed by atoms with Crippen LogP contribution in [0.3, 0.4) is 0 Å². The fourth-order valence-corrected chi connectivity index (χ4v) is 4.28. The Balaban J connectivity index is 1.32. The molecule has 0 aliphatic carbocycles. The normalized spacial score (nSPS) is 19.9. The van der Waals surface area contributed by atoms with Crippen LogP contribution in [-0.2, 0) is 13.6 Å². The Morgan fingerprint density at radius 1 is 1.33 bits per heavy atom. The van der Waals surface area contributed by atoms with Crippen molar-refractivity contribution in [3.8, 4) is 10.6 Å². The predicted molar refractivity (Wildman–Crippen MR) is 92.7 cm³/mol. The van der Waals surface area contributed by atoms with E-state index in [9.17, 15) is 4.79 Å². The molecule has 0 unspecified atom stereocenters. The fraction of sp³-hybridized carbons (Fsp3) is 0.562. The highest BCUT2D eigenvalue weighted by Gasteiger charge is 2.30. The first kappa shape index (κ1) is 15.6. The van der Waals surface area contributed by atoms with Crippen LogP contribution < -0.4 is 5.32 Å². The first-order valence-electron chi connectivity index (χ1n) is 8.39. The Kier molecular flexibility index (Phi) is 4.24. The highest BCUT2D eigenvalue weighted by Crippen LogP contribution is 2.25. The van der Waals surface area contributed by atoms with Gasteiger partial charge in [0.05, 0.1) is 11.9 Å². The van der Waals surface area contributed by atoms with Gasteiger partial charge in [-0.05, 0) is 12.8 Å². The van der Waals surface area contributed by atoms with Crippen LogP contribution in [0, 0.1) is 0 Å². The zero-order valence-electron chi connectivity index (χ0n) is 13.8. The topological polar surface area (TPSA) is 66.3 Å². The first-order chi connectivity index (χ1) is 11.7. The Morgan fingerprint density at radius 2 is 2.17 bits per heavy atom. The summed E-state index contributed by atoms with van der Waals surface area (Å²) in [6.45, 7) is 4.57. The smallest absolute Gasteiger partial charge is 0.317 e. The second-order valence-corrected chi connectivity index (χ2v) is 7.34. The van der Waals surface area contributed by atoms with Gasteiger partial charge < -0.3 is 10.2 Å². The number of aryl methyl sites for hydroxylation is 1. The lowest BCUT2D eigenvalue weighted by Gasteiger charge is -2.35. The number of carbonyl (C=O) groups is 1. The van der Waals surface area contributed by atoms with E-state index in [4.69, 9.17) is 4.98 Å². The van der Waals surface area contributed by atoms with E-state index in [1.165, 1.54) is 0 Å². The molecule has 2 saturated heterocycles. The summed E-state index contributed by atoms with van der Waals surface area (Å²) >= 11 is 1.67. The minimum atomic E-state index is 0.106. The minimum absolute atomic E-state index is 0.106. The SMILES string of the molecule is Cn1cc(-c2nc(CN3CCC(N4CCNC4=O)CC3)cs2)cn1. The zero-order valence-corrected chi connectivity index (χ0v) is 14.6. The number of carbonyl (C=O) groups excluding carboxylic acids is 1. The van der Waals surface area contributed by atoms with Gasteiger partial charge in [0.1, 0.15) is 5.01 Å². The van der Waals surface area contributed by atoms with Gasteiger partial charge in [0, 0.05) is 63.0 Å². The molecule has 0 radical (unpaired) electrons. The first-order valence-corrected chi connectivity index (χ1v) is 9.27. The molecule has 2 aromatic rings. The molecule has 0 saturated carbocycles. The summed E-state index contributed by atoms with van der Waals surface area (Å²) in [6.07, 6.45) is 5.95. The largest absolute Gasteiger partial charge is 0.336 e. The molecule has 2 amide bonds. The summed E-state index contributed by atoms with van der Waals surface area (Å²) in [5, 5.41) is 10.3. The third-order valence-corrected chi connectivity index (χ3v) is 5.72. The van der Waals surface area contributed by atoms with Gasteiger partial charge in [-0.3, -0.25) is 9.58 Å². The lowest BCUT2D eigenvalue weighted by molar-refractivity contribution is 0.131. The molecule has 4 heterocycles. The van der Waals surface area contributed by atoms with Crippen molar-refractivity contribution in [3.05, 3.63) is 23.5 Å². The van der Waals surface area contributed by atoms with Crippen LogP contribution in [0.5, 0.6) is 0 Å². The van der Waals surface area contributed by atoms with E-state index in [0.717, 1.165) is 61.8 Å². The number of aromatic nitrogens is 3. The van der Waals surface area contributed by atoms with E-state index < -0.39 is 0 Å². The maximum absolute atomic E-state index is 11.8. The van der Waals surface area contributed by atoms with Gasteiger partial charge in [-0.2, -0.15) is 5.10 Å². The summed E-state index contributed by atoms with van der Waals surface area (Å²) in [5.41, 5.74) is 2.20. The van der Waals surface area contributed by atoms with E-state index in [1.807, 2.05) is 24.3 Å². The van der Waals surface area contributed by atoms with Crippen molar-refractivity contribution in [1.29, 1.82) is 0 Å². The van der Waals surface area contributed by atoms with E-state index in [1.54, 1.807) is 16.0 Å². The molecular weight excluding hydrogens is 324 g/mol. The third-order valence-electron chi connectivity index (χ3n) is 4.78. The summed E-state index contributed by atoms with van der Waals surface area (Å²) in [7, 11) is 1.92. The standard InChI is InChI=1S/C16H22N6OS/c1-20-9-12(8-18-20)15-19-13(11-24-15)10-21-5-2-14(3-6-21)22-7-4-17-16(22)23/h8-9,11,14H,2-7,10H2,1H3,(H,17,23). The van der Waals surface area contributed by atoms with Crippen LogP contribution in [0.15, 0.2) is 17.8 Å². The molecule has 2 fully saturated rings. The molecule has 2 aliphatic heterocycles. The molecule has 0 atom stereocenters. The van der Waals surface area contributed by atoms with E-state index >= 15 is 0 Å². The van der Waals surface area contributed by atoms with Crippen LogP contribution in [0.1, 0.15) is 18.5 Å². The van der Waals surface area contributed by atoms with Crippen LogP contribution >= 0.6 is 11.3 Å². The molecule has 24 heavy (non-hydrogen) atoms. The maximum atomic E-state index is 11.8. The van der Waals surface area contributed by atoms with Crippen molar-refractivity contribution in [1.82, 2.24) is 29.9 Å². The number of nitrogens with zero attached hydrogens (tertiary/aromatic N) is 5. The number of likely N-dealkylation sites (tertiary alicyclic amines) is 1. The number of thiazole rings is 1. The molecule has 0 bridgehead atoms. The Hall–Kier alpha value is -1.93. The highest BCUT2D eigenvalue weighted by atomic mass is 32.1. The number of hydrogen-bond acceptors (Lipinski definition) is 5. The van der Waals surface area contributed by atoms with Gasteiger partial charge in [-0.15, -0.1) is 11.3 Å². The summed E-state index contributed by atoms with van der Waals surface area (Å²) < 4.78 is 1.80. The quantitative estimate of drug-likeness (QED) is 0.912. The van der Waals surface area contributed by atoms with E-state index in [2.05, 4.69) is 20.7 Å². The average Bonchev–Trinajstić information content (AvgIpc) is 3.30. The van der Waals surface area contributed by atoms with Gasteiger partial charge in [0.15, 0.2) is 0 Å². The third kappa shape index (κ3) is 3.16. The van der Waals surface area contributed by atoms with Crippen molar-refractivity contribution in [3.63, 3.8) is 0 Å². The highest BCUT2D eigenvalue weighted by molar-refractivity contribution is 7.13. The predicted octanol–water partition coefficient (Wildman–Crippen LogP) is 1.53. The second-order valence-electron chi connectivity index (χ2n) is 6.48. The second kappa shape index (κ2) is 6.52. The summed E-state index contributed by atoms with van der Waals surface area (Å²) in [4.78, 5) is 21.0. The van der Waals surface area contributed by atoms with Crippen LogP contribution in [0.25, 0.3) is 10.6 Å². The van der Waals surface area contributed by atoms with Gasteiger partial charge in [-0.1, -0.05) is 0 Å². The van der Waals surface area contributed by atoms with Crippen LogP contribution in [0.2, 0.25) is 0 Å². The van der Waals surface area contributed by atoms with Crippen molar-refractivity contribution in [2.24, 2.45) is 7.05 Å². The van der Waals surface area contributed by atoms with Gasteiger partial charge in [0.2, 0.25) is 0 Å². The molecule has 2 aromatic heterocycles. The number of rotatable bonds is 4. The lowest BCUT2D eigenvalue weighted by atomic mass is 10.0. The number of piperidine rings is 1. The molecule has 8 heteroatoms. The van der Waals surface area contributed by atoms with Gasteiger partial charge in [0.25, 0.3) is 0 Å². The molecule has 0 aromatic carbocycles. The molecule has 1 N–H and O–H groups in total. The summed E-state index contributed by atoms with van der Waals surface area (Å²) in [6, 6.07) is 0.499. The molecule has 128 valence electrons. The molecular formula is C16H22N6OS. The average molecular weight is 346 g/mol. The molecule has 7 nitrogen and oxygen atoms in total.